The van der Waals surface area contributed by atoms with Crippen LogP contribution >= 0.6 is 27.5 Å². The molecule has 4 nitrogen and oxygen atoms in total. The van der Waals surface area contributed by atoms with Crippen molar-refractivity contribution < 1.29 is 9.59 Å². The Morgan fingerprint density at radius 1 is 1.24 bits per heavy atom. The summed E-state index contributed by atoms with van der Waals surface area (Å²) in [5.41, 5.74) is 0.738. The Balaban J connectivity index is 1.76. The molecule has 1 unspecified atom stereocenters. The molecular formula is C15H16BrClN2O2. The molecule has 1 aromatic rings. The summed E-state index contributed by atoms with van der Waals surface area (Å²) in [6.45, 7) is 0. The zero-order valence-corrected chi connectivity index (χ0v) is 13.8. The smallest absolute Gasteiger partial charge is 0.252 e. The number of rotatable bonds is 3. The second kappa shape index (κ2) is 5.97. The van der Waals surface area contributed by atoms with Crippen molar-refractivity contribution in [2.75, 3.05) is 5.32 Å². The second-order valence-corrected chi connectivity index (χ2v) is 6.86. The lowest BCUT2D eigenvalue weighted by atomic mass is 10.2. The quantitative estimate of drug-likeness (QED) is 0.826. The predicted octanol–water partition coefficient (Wildman–Crippen LogP) is 3.58. The zero-order chi connectivity index (χ0) is 15.0. The maximum absolute atomic E-state index is 12.5. The third kappa shape index (κ3) is 2.94. The van der Waals surface area contributed by atoms with Crippen LogP contribution in [0.15, 0.2) is 22.7 Å². The zero-order valence-electron chi connectivity index (χ0n) is 11.4. The molecule has 1 aliphatic heterocycles. The van der Waals surface area contributed by atoms with Gasteiger partial charge in [-0.3, -0.25) is 14.5 Å². The van der Waals surface area contributed by atoms with Crippen LogP contribution in [0.4, 0.5) is 5.69 Å². The van der Waals surface area contributed by atoms with Crippen LogP contribution < -0.4 is 5.32 Å². The lowest BCUT2D eigenvalue weighted by Crippen LogP contribution is -2.41. The van der Waals surface area contributed by atoms with Crippen molar-refractivity contribution in [2.24, 2.45) is 0 Å². The van der Waals surface area contributed by atoms with Gasteiger partial charge in [-0.15, -0.1) is 0 Å². The fourth-order valence-electron chi connectivity index (χ4n) is 3.11. The van der Waals surface area contributed by atoms with E-state index in [4.69, 9.17) is 11.6 Å². The number of carbonyl (C=O) groups is 2. The number of nitrogens with one attached hydrogen (secondary N) is 1. The largest absolute Gasteiger partial charge is 0.372 e. The molecule has 2 aliphatic rings. The summed E-state index contributed by atoms with van der Waals surface area (Å²) in [5.74, 6) is -0.179. The van der Waals surface area contributed by atoms with Gasteiger partial charge in [-0.05, 0) is 47.0 Å². The van der Waals surface area contributed by atoms with E-state index < -0.39 is 6.04 Å². The molecule has 112 valence electrons. The number of amides is 2. The number of hydrogen-bond donors (Lipinski definition) is 1. The van der Waals surface area contributed by atoms with Crippen LogP contribution in [0, 0.1) is 0 Å². The van der Waals surface area contributed by atoms with Crippen LogP contribution in [-0.4, -0.2) is 28.8 Å². The van der Waals surface area contributed by atoms with Crippen LogP contribution in [0.2, 0.25) is 5.02 Å². The Morgan fingerprint density at radius 3 is 2.67 bits per heavy atom. The summed E-state index contributed by atoms with van der Waals surface area (Å²) in [5, 5.41) is 3.73. The Hall–Kier alpha value is -1.07. The van der Waals surface area contributed by atoms with Gasteiger partial charge < -0.3 is 5.32 Å². The standard InChI is InChI=1S/C15H16BrClN2O2/c16-11-6-5-9(17)7-12(11)18-13-8-14(20)19(15(13)21)10-3-1-2-4-10/h5-7,10,13,18H,1-4,8H2. The Kier molecular flexibility index (Phi) is 4.22. The average molecular weight is 372 g/mol. The first-order valence-corrected chi connectivity index (χ1v) is 8.31. The predicted molar refractivity (Wildman–Crippen MR) is 85.3 cm³/mol. The van der Waals surface area contributed by atoms with E-state index in [-0.39, 0.29) is 24.3 Å². The van der Waals surface area contributed by atoms with Gasteiger partial charge in [0, 0.05) is 15.5 Å². The van der Waals surface area contributed by atoms with Gasteiger partial charge in [-0.1, -0.05) is 24.4 Å². The lowest BCUT2D eigenvalue weighted by Gasteiger charge is -2.22. The molecule has 3 rings (SSSR count). The van der Waals surface area contributed by atoms with Crippen molar-refractivity contribution in [3.63, 3.8) is 0 Å². The highest BCUT2D eigenvalue weighted by Crippen LogP contribution is 2.31. The van der Waals surface area contributed by atoms with E-state index in [9.17, 15) is 9.59 Å². The van der Waals surface area contributed by atoms with E-state index in [1.54, 1.807) is 12.1 Å². The third-order valence-electron chi connectivity index (χ3n) is 4.13. The molecule has 2 fully saturated rings. The summed E-state index contributed by atoms with van der Waals surface area (Å²) in [4.78, 5) is 26.1. The van der Waals surface area contributed by atoms with Crippen molar-refractivity contribution in [1.29, 1.82) is 0 Å². The molecular weight excluding hydrogens is 356 g/mol. The van der Waals surface area contributed by atoms with Gasteiger partial charge in [-0.2, -0.15) is 0 Å². The molecule has 1 atom stereocenters. The van der Waals surface area contributed by atoms with Crippen LogP contribution in [0.5, 0.6) is 0 Å². The van der Waals surface area contributed by atoms with E-state index in [0.29, 0.717) is 5.02 Å². The molecule has 6 heteroatoms. The summed E-state index contributed by atoms with van der Waals surface area (Å²) in [6, 6.07) is 4.94. The van der Waals surface area contributed by atoms with Gasteiger partial charge in [0.15, 0.2) is 0 Å². The van der Waals surface area contributed by atoms with Crippen LogP contribution in [0.3, 0.4) is 0 Å². The van der Waals surface area contributed by atoms with Crippen molar-refractivity contribution in [3.8, 4) is 0 Å². The Bertz CT molecular complexity index is 587. The van der Waals surface area contributed by atoms with Crippen molar-refractivity contribution in [1.82, 2.24) is 4.90 Å². The molecule has 0 aromatic heterocycles. The third-order valence-corrected chi connectivity index (χ3v) is 5.06. The van der Waals surface area contributed by atoms with Crippen molar-refractivity contribution >= 4 is 45.0 Å². The van der Waals surface area contributed by atoms with E-state index in [0.717, 1.165) is 35.8 Å². The number of carbonyl (C=O) groups excluding carboxylic acids is 2. The molecule has 1 aromatic carbocycles. The fraction of sp³-hybridized carbons (Fsp3) is 0.467. The van der Waals surface area contributed by atoms with Crippen LogP contribution in [0.1, 0.15) is 32.1 Å². The number of halogens is 2. The van der Waals surface area contributed by atoms with E-state index in [1.807, 2.05) is 6.07 Å². The minimum Gasteiger partial charge on any atom is -0.372 e. The first kappa shape index (κ1) is 14.9. The highest BCUT2D eigenvalue weighted by Gasteiger charge is 2.43. The number of imide groups is 1. The van der Waals surface area contributed by atoms with E-state index in [1.165, 1.54) is 4.90 Å². The highest BCUT2D eigenvalue weighted by molar-refractivity contribution is 9.10. The number of benzene rings is 1. The molecule has 21 heavy (non-hydrogen) atoms. The van der Waals surface area contributed by atoms with Crippen LogP contribution in [-0.2, 0) is 9.59 Å². The second-order valence-electron chi connectivity index (χ2n) is 5.57. The van der Waals surface area contributed by atoms with Gasteiger partial charge in [0.1, 0.15) is 6.04 Å². The highest BCUT2D eigenvalue weighted by atomic mass is 79.9. The average Bonchev–Trinajstić information content (AvgIpc) is 3.03. The molecule has 0 spiro atoms. The van der Waals surface area contributed by atoms with Gasteiger partial charge >= 0.3 is 0 Å². The van der Waals surface area contributed by atoms with Crippen LogP contribution in [0.25, 0.3) is 0 Å². The molecule has 1 heterocycles. The monoisotopic (exact) mass is 370 g/mol. The first-order valence-electron chi connectivity index (χ1n) is 7.14. The molecule has 1 aliphatic carbocycles. The molecule has 1 N–H and O–H groups in total. The van der Waals surface area contributed by atoms with Gasteiger partial charge in [0.25, 0.3) is 5.91 Å². The Morgan fingerprint density at radius 2 is 1.95 bits per heavy atom. The van der Waals surface area contributed by atoms with Crippen molar-refractivity contribution in [2.45, 2.75) is 44.2 Å². The number of nitrogens with zero attached hydrogens (tertiary/aromatic N) is 1. The Labute approximate surface area is 137 Å². The van der Waals surface area contributed by atoms with Crippen molar-refractivity contribution in [3.05, 3.63) is 27.7 Å². The fourth-order valence-corrected chi connectivity index (χ4v) is 3.64. The molecule has 2 amide bonds. The molecule has 0 bridgehead atoms. The van der Waals surface area contributed by atoms with Gasteiger partial charge in [-0.25, -0.2) is 0 Å². The van der Waals surface area contributed by atoms with E-state index in [2.05, 4.69) is 21.2 Å². The van der Waals surface area contributed by atoms with E-state index >= 15 is 0 Å². The number of hydrogen-bond acceptors (Lipinski definition) is 3. The summed E-state index contributed by atoms with van der Waals surface area (Å²) in [7, 11) is 0. The summed E-state index contributed by atoms with van der Waals surface area (Å²) in [6.07, 6.45) is 4.28. The number of likely N-dealkylation sites (tertiary alicyclic amines) is 1. The minimum atomic E-state index is -0.493. The van der Waals surface area contributed by atoms with Gasteiger partial charge in [0.2, 0.25) is 5.91 Å². The SMILES string of the molecule is O=C1CC(Nc2cc(Cl)ccc2Br)C(=O)N1C1CCCC1. The van der Waals surface area contributed by atoms with Gasteiger partial charge in [0.05, 0.1) is 12.1 Å². The number of anilines is 1. The molecule has 0 radical (unpaired) electrons. The minimum absolute atomic E-state index is 0.0671. The molecule has 1 saturated heterocycles. The first-order chi connectivity index (χ1) is 10.1. The normalized spacial score (nSPS) is 23.1. The summed E-state index contributed by atoms with van der Waals surface area (Å²) >= 11 is 9.40. The summed E-state index contributed by atoms with van der Waals surface area (Å²) < 4.78 is 0.825. The maximum Gasteiger partial charge on any atom is 0.252 e. The lowest BCUT2D eigenvalue weighted by molar-refractivity contribution is -0.141. The molecule has 1 saturated carbocycles. The maximum atomic E-state index is 12.5. The topological polar surface area (TPSA) is 49.4 Å².